The average molecular weight is 511 g/mol. The normalized spacial score (nSPS) is 10.6. The fourth-order valence-corrected chi connectivity index (χ4v) is 3.03. The lowest BCUT2D eigenvalue weighted by molar-refractivity contribution is -0.123. The van der Waals surface area contributed by atoms with Crippen LogP contribution in [-0.4, -0.2) is 31.3 Å². The van der Waals surface area contributed by atoms with E-state index in [-0.39, 0.29) is 12.4 Å². The van der Waals surface area contributed by atoms with Gasteiger partial charge in [0.15, 0.2) is 18.1 Å². The van der Waals surface area contributed by atoms with Gasteiger partial charge >= 0.3 is 5.97 Å². The number of carbonyl (C=O) groups is 2. The van der Waals surface area contributed by atoms with Gasteiger partial charge in [0.2, 0.25) is 0 Å². The van der Waals surface area contributed by atoms with Crippen LogP contribution >= 0.6 is 15.9 Å². The maximum Gasteiger partial charge on any atom is 0.343 e. The molecule has 3 aromatic carbocycles. The molecule has 0 aliphatic heterocycles. The number of nitrogens with zero attached hydrogens (tertiary/aromatic N) is 1. The largest absolute Gasteiger partial charge is 0.490 e. The van der Waals surface area contributed by atoms with Crippen molar-refractivity contribution in [1.82, 2.24) is 5.43 Å². The number of ether oxygens (including phenoxy) is 3. The van der Waals surface area contributed by atoms with Gasteiger partial charge in [0, 0.05) is 4.47 Å². The molecule has 0 aromatic heterocycles. The summed E-state index contributed by atoms with van der Waals surface area (Å²) >= 11 is 3.34. The molecule has 170 valence electrons. The summed E-state index contributed by atoms with van der Waals surface area (Å²) in [4.78, 5) is 24.4. The molecule has 0 saturated heterocycles. The fraction of sp³-hybridized carbons (Fsp3) is 0.160. The smallest absolute Gasteiger partial charge is 0.343 e. The minimum Gasteiger partial charge on any atom is -0.490 e. The molecule has 0 spiro atoms. The molecule has 0 fully saturated rings. The number of aryl methyl sites for hydroxylation is 1. The van der Waals surface area contributed by atoms with E-state index in [1.807, 2.05) is 32.0 Å². The van der Waals surface area contributed by atoms with Gasteiger partial charge in [-0.3, -0.25) is 4.79 Å². The lowest BCUT2D eigenvalue weighted by Crippen LogP contribution is -2.24. The van der Waals surface area contributed by atoms with E-state index in [2.05, 4.69) is 26.5 Å². The van der Waals surface area contributed by atoms with E-state index in [0.29, 0.717) is 29.2 Å². The number of benzene rings is 3. The zero-order valence-corrected chi connectivity index (χ0v) is 19.8. The molecule has 3 aromatic rings. The van der Waals surface area contributed by atoms with Crippen LogP contribution in [0, 0.1) is 6.92 Å². The third-order valence-electron chi connectivity index (χ3n) is 4.31. The fourth-order valence-electron chi connectivity index (χ4n) is 2.77. The van der Waals surface area contributed by atoms with Gasteiger partial charge in [-0.1, -0.05) is 28.1 Å². The quantitative estimate of drug-likeness (QED) is 0.191. The predicted octanol–water partition coefficient (Wildman–Crippen LogP) is 4.90. The number of hydrazone groups is 1. The predicted molar refractivity (Wildman–Crippen MR) is 129 cm³/mol. The Morgan fingerprint density at radius 3 is 2.52 bits per heavy atom. The summed E-state index contributed by atoms with van der Waals surface area (Å²) in [5, 5.41) is 3.95. The molecule has 1 amide bonds. The van der Waals surface area contributed by atoms with Crippen LogP contribution < -0.4 is 19.6 Å². The minimum absolute atomic E-state index is 0.157. The molecule has 0 unspecified atom stereocenters. The van der Waals surface area contributed by atoms with E-state index in [0.717, 1.165) is 10.0 Å². The van der Waals surface area contributed by atoms with Gasteiger partial charge in [-0.05, 0) is 79.6 Å². The van der Waals surface area contributed by atoms with E-state index in [1.165, 1.54) is 6.21 Å². The van der Waals surface area contributed by atoms with E-state index in [9.17, 15) is 9.59 Å². The number of hydrogen-bond donors (Lipinski definition) is 1. The summed E-state index contributed by atoms with van der Waals surface area (Å²) in [6.07, 6.45) is 1.47. The zero-order chi connectivity index (χ0) is 23.6. The molecule has 0 bridgehead atoms. The molecule has 0 aliphatic rings. The summed E-state index contributed by atoms with van der Waals surface area (Å²) in [6.45, 7) is 4.00. The minimum atomic E-state index is -0.495. The molecular weight excluding hydrogens is 488 g/mol. The van der Waals surface area contributed by atoms with Crippen molar-refractivity contribution in [3.05, 3.63) is 87.9 Å². The first-order valence-electron chi connectivity index (χ1n) is 10.2. The molecule has 8 heteroatoms. The second kappa shape index (κ2) is 11.8. The van der Waals surface area contributed by atoms with Crippen LogP contribution in [0.2, 0.25) is 0 Å². The Bertz CT molecular complexity index is 1150. The van der Waals surface area contributed by atoms with Gasteiger partial charge in [0.05, 0.1) is 18.4 Å². The SMILES string of the molecule is CCOc1cc(/C=N/NC(=O)COc2cccc(C)c2)ccc1OC(=O)c1ccc(Br)cc1. The Kier molecular flexibility index (Phi) is 8.60. The van der Waals surface area contributed by atoms with Crippen LogP contribution in [0.5, 0.6) is 17.2 Å². The molecule has 7 nitrogen and oxygen atoms in total. The van der Waals surface area contributed by atoms with Gasteiger partial charge in [-0.25, -0.2) is 10.2 Å². The molecule has 0 aliphatic carbocycles. The Labute approximate surface area is 200 Å². The van der Waals surface area contributed by atoms with Crippen LogP contribution in [0.1, 0.15) is 28.4 Å². The molecule has 33 heavy (non-hydrogen) atoms. The number of nitrogens with one attached hydrogen (secondary N) is 1. The highest BCUT2D eigenvalue weighted by Gasteiger charge is 2.13. The van der Waals surface area contributed by atoms with E-state index < -0.39 is 11.9 Å². The summed E-state index contributed by atoms with van der Waals surface area (Å²) in [7, 11) is 0. The number of carbonyl (C=O) groups excluding carboxylic acids is 2. The summed E-state index contributed by atoms with van der Waals surface area (Å²) in [6, 6.07) is 19.3. The number of hydrogen-bond acceptors (Lipinski definition) is 6. The Balaban J connectivity index is 1.59. The molecule has 3 rings (SSSR count). The summed E-state index contributed by atoms with van der Waals surface area (Å²) in [5.41, 5.74) is 4.53. The highest BCUT2D eigenvalue weighted by molar-refractivity contribution is 9.10. The van der Waals surface area contributed by atoms with Crippen molar-refractivity contribution >= 4 is 34.0 Å². The molecule has 1 N–H and O–H groups in total. The molecule has 0 saturated carbocycles. The average Bonchev–Trinajstić information content (AvgIpc) is 2.80. The van der Waals surface area contributed by atoms with Gasteiger partial charge in [-0.2, -0.15) is 5.10 Å². The third kappa shape index (κ3) is 7.47. The van der Waals surface area contributed by atoms with E-state index >= 15 is 0 Å². The van der Waals surface area contributed by atoms with Crippen LogP contribution in [-0.2, 0) is 4.79 Å². The van der Waals surface area contributed by atoms with Gasteiger partial charge in [-0.15, -0.1) is 0 Å². The van der Waals surface area contributed by atoms with Crippen LogP contribution in [0.4, 0.5) is 0 Å². The van der Waals surface area contributed by atoms with Crippen molar-refractivity contribution in [1.29, 1.82) is 0 Å². The first-order valence-corrected chi connectivity index (χ1v) is 11.0. The van der Waals surface area contributed by atoms with Crippen LogP contribution in [0.15, 0.2) is 76.3 Å². The highest BCUT2D eigenvalue weighted by atomic mass is 79.9. The summed E-state index contributed by atoms with van der Waals surface area (Å²) < 4.78 is 17.4. The zero-order valence-electron chi connectivity index (χ0n) is 18.2. The number of esters is 1. The second-order valence-corrected chi connectivity index (χ2v) is 7.85. The second-order valence-electron chi connectivity index (χ2n) is 6.93. The lowest BCUT2D eigenvalue weighted by atomic mass is 10.2. The highest BCUT2D eigenvalue weighted by Crippen LogP contribution is 2.29. The maximum atomic E-state index is 12.4. The topological polar surface area (TPSA) is 86.2 Å². The number of halogens is 1. The van der Waals surface area contributed by atoms with Crippen molar-refractivity contribution in [3.8, 4) is 17.2 Å². The van der Waals surface area contributed by atoms with Crippen LogP contribution in [0.25, 0.3) is 0 Å². The van der Waals surface area contributed by atoms with E-state index in [1.54, 1.807) is 48.5 Å². The Morgan fingerprint density at radius 2 is 1.79 bits per heavy atom. The summed E-state index contributed by atoms with van der Waals surface area (Å²) in [5.74, 6) is 0.408. The Hall–Kier alpha value is -3.65. The monoisotopic (exact) mass is 510 g/mol. The van der Waals surface area contributed by atoms with Gasteiger partial charge in [0.1, 0.15) is 5.75 Å². The van der Waals surface area contributed by atoms with Gasteiger partial charge in [0.25, 0.3) is 5.91 Å². The van der Waals surface area contributed by atoms with E-state index in [4.69, 9.17) is 14.2 Å². The molecule has 0 heterocycles. The van der Waals surface area contributed by atoms with Crippen molar-refractivity contribution in [2.24, 2.45) is 5.10 Å². The van der Waals surface area contributed by atoms with Crippen molar-refractivity contribution < 1.29 is 23.8 Å². The van der Waals surface area contributed by atoms with Gasteiger partial charge < -0.3 is 14.2 Å². The van der Waals surface area contributed by atoms with Crippen molar-refractivity contribution in [2.45, 2.75) is 13.8 Å². The number of rotatable bonds is 9. The Morgan fingerprint density at radius 1 is 1.00 bits per heavy atom. The number of amides is 1. The first kappa shape index (κ1) is 24.0. The van der Waals surface area contributed by atoms with Crippen molar-refractivity contribution in [3.63, 3.8) is 0 Å². The van der Waals surface area contributed by atoms with Crippen molar-refractivity contribution in [2.75, 3.05) is 13.2 Å². The molecule has 0 atom stereocenters. The maximum absolute atomic E-state index is 12.4. The third-order valence-corrected chi connectivity index (χ3v) is 4.84. The molecule has 0 radical (unpaired) electrons. The standard InChI is InChI=1S/C25H23BrN2O5/c1-3-31-23-14-18(7-12-22(23)33-25(30)19-8-10-20(26)11-9-19)15-27-28-24(29)16-32-21-6-4-5-17(2)13-21/h4-15H,3,16H2,1-2H3,(H,28,29)/b27-15+. The molecular formula is C25H23BrN2O5. The van der Waals surface area contributed by atoms with Crippen LogP contribution in [0.3, 0.4) is 0 Å². The first-order chi connectivity index (χ1) is 15.9. The lowest BCUT2D eigenvalue weighted by Gasteiger charge is -2.11.